The quantitative estimate of drug-likeness (QED) is 0.510. The van der Waals surface area contributed by atoms with E-state index in [1.54, 1.807) is 14.2 Å². The predicted molar refractivity (Wildman–Crippen MR) is 124 cm³/mol. The van der Waals surface area contributed by atoms with Crippen molar-refractivity contribution in [3.05, 3.63) is 70.8 Å². The van der Waals surface area contributed by atoms with Crippen molar-refractivity contribution in [2.75, 3.05) is 14.2 Å². The monoisotopic (exact) mass is 404 g/mol. The first-order valence-electron chi connectivity index (χ1n) is 10.6. The second kappa shape index (κ2) is 9.34. The van der Waals surface area contributed by atoms with Gasteiger partial charge in [-0.25, -0.2) is 0 Å². The zero-order chi connectivity index (χ0) is 21.7. The first-order chi connectivity index (χ1) is 14.4. The lowest BCUT2D eigenvalue weighted by molar-refractivity contribution is -0.113. The molecule has 1 aliphatic carbocycles. The number of hydrogen-bond acceptors (Lipinski definition) is 3. The molecule has 0 radical (unpaired) electrons. The van der Waals surface area contributed by atoms with Gasteiger partial charge in [-0.3, -0.25) is 4.79 Å². The van der Waals surface area contributed by atoms with E-state index >= 15 is 0 Å². The molecule has 0 heterocycles. The van der Waals surface area contributed by atoms with Crippen molar-refractivity contribution in [2.45, 2.75) is 40.0 Å². The average molecular weight is 405 g/mol. The van der Waals surface area contributed by atoms with E-state index in [0.717, 1.165) is 53.0 Å². The molecule has 0 saturated heterocycles. The van der Waals surface area contributed by atoms with Crippen molar-refractivity contribution in [3.8, 4) is 11.5 Å². The molecule has 2 aromatic carbocycles. The summed E-state index contributed by atoms with van der Waals surface area (Å²) in [6.45, 7) is 6.85. The maximum absolute atomic E-state index is 13.4. The lowest BCUT2D eigenvalue weighted by atomic mass is 9.66. The molecule has 2 aromatic rings. The molecule has 1 fully saturated rings. The number of benzene rings is 2. The molecular formula is C27H32O3. The van der Waals surface area contributed by atoms with Crippen molar-refractivity contribution in [1.29, 1.82) is 0 Å². The number of Topliss-reactive ketones (excluding diaryl/α,β-unsaturated/α-hetero) is 1. The van der Waals surface area contributed by atoms with Gasteiger partial charge < -0.3 is 9.47 Å². The molecule has 0 N–H and O–H groups in total. The second-order valence-corrected chi connectivity index (χ2v) is 8.66. The summed E-state index contributed by atoms with van der Waals surface area (Å²) in [6.07, 6.45) is 6.79. The molecule has 0 atom stereocenters. The minimum Gasteiger partial charge on any atom is -0.497 e. The third kappa shape index (κ3) is 5.02. The van der Waals surface area contributed by atoms with Crippen molar-refractivity contribution in [2.24, 2.45) is 11.3 Å². The van der Waals surface area contributed by atoms with Crippen LogP contribution in [0.1, 0.15) is 51.2 Å². The highest BCUT2D eigenvalue weighted by Crippen LogP contribution is 2.44. The predicted octanol–water partition coefficient (Wildman–Crippen LogP) is 6.59. The Kier molecular flexibility index (Phi) is 6.81. The van der Waals surface area contributed by atoms with E-state index in [2.05, 4.69) is 20.8 Å². The normalized spacial score (nSPS) is 19.9. The summed E-state index contributed by atoms with van der Waals surface area (Å²) in [5.41, 5.74) is 3.99. The van der Waals surface area contributed by atoms with Crippen LogP contribution in [-0.2, 0) is 4.79 Å². The van der Waals surface area contributed by atoms with Crippen LogP contribution in [-0.4, -0.2) is 20.0 Å². The van der Waals surface area contributed by atoms with Gasteiger partial charge in [0.1, 0.15) is 11.5 Å². The maximum atomic E-state index is 13.4. The zero-order valence-corrected chi connectivity index (χ0v) is 18.7. The Morgan fingerprint density at radius 1 is 0.833 bits per heavy atom. The van der Waals surface area contributed by atoms with Crippen LogP contribution in [0.5, 0.6) is 11.5 Å². The van der Waals surface area contributed by atoms with Crippen molar-refractivity contribution >= 4 is 17.9 Å². The van der Waals surface area contributed by atoms with Gasteiger partial charge in [0.05, 0.1) is 14.2 Å². The van der Waals surface area contributed by atoms with Crippen LogP contribution in [0.15, 0.2) is 59.7 Å². The fourth-order valence-corrected chi connectivity index (χ4v) is 3.89. The standard InChI is InChI=1S/C27H32O3/c1-6-27(2,3)23-17-21(15-19-7-11-24(29-4)12-8-19)26(28)22(18-23)16-20-9-13-25(30-5)14-10-20/h7-16,23H,6,17-18H2,1-5H3/b21-15+,22-16+. The number of ether oxygens (including phenoxy) is 2. The SMILES string of the molecule is CCC(C)(C)C1C/C(=C\c2ccc(OC)cc2)C(=O)/C(=C/c2ccc(OC)cc2)C1. The van der Waals surface area contributed by atoms with Gasteiger partial charge in [0.15, 0.2) is 5.78 Å². The van der Waals surface area contributed by atoms with Gasteiger partial charge in [0, 0.05) is 11.1 Å². The van der Waals surface area contributed by atoms with Crippen LogP contribution in [0.2, 0.25) is 0 Å². The Morgan fingerprint density at radius 2 is 1.23 bits per heavy atom. The third-order valence-electron chi connectivity index (χ3n) is 6.45. The van der Waals surface area contributed by atoms with E-state index in [9.17, 15) is 4.79 Å². The Balaban J connectivity index is 1.97. The Hall–Kier alpha value is -2.81. The third-order valence-corrected chi connectivity index (χ3v) is 6.45. The van der Waals surface area contributed by atoms with Gasteiger partial charge >= 0.3 is 0 Å². The van der Waals surface area contributed by atoms with E-state index in [0.29, 0.717) is 5.92 Å². The number of ketones is 1. The van der Waals surface area contributed by atoms with E-state index in [1.807, 2.05) is 60.7 Å². The van der Waals surface area contributed by atoms with Gasteiger partial charge in [-0.15, -0.1) is 0 Å². The summed E-state index contributed by atoms with van der Waals surface area (Å²) in [7, 11) is 3.32. The topological polar surface area (TPSA) is 35.5 Å². The van der Waals surface area contributed by atoms with Crippen LogP contribution < -0.4 is 9.47 Å². The molecule has 0 spiro atoms. The number of carbonyl (C=O) groups is 1. The Labute approximate surface area is 180 Å². The summed E-state index contributed by atoms with van der Waals surface area (Å²) in [6, 6.07) is 15.7. The van der Waals surface area contributed by atoms with Gasteiger partial charge in [-0.1, -0.05) is 51.5 Å². The summed E-state index contributed by atoms with van der Waals surface area (Å²) >= 11 is 0. The number of hydrogen-bond donors (Lipinski definition) is 0. The van der Waals surface area contributed by atoms with E-state index < -0.39 is 0 Å². The molecule has 0 amide bonds. The van der Waals surface area contributed by atoms with E-state index in [-0.39, 0.29) is 11.2 Å². The molecule has 3 heteroatoms. The highest BCUT2D eigenvalue weighted by Gasteiger charge is 2.36. The van der Waals surface area contributed by atoms with E-state index in [4.69, 9.17) is 9.47 Å². The van der Waals surface area contributed by atoms with Gasteiger partial charge in [-0.05, 0) is 71.7 Å². The lowest BCUT2D eigenvalue weighted by Gasteiger charge is -2.37. The molecular weight excluding hydrogens is 372 g/mol. The van der Waals surface area contributed by atoms with Crippen molar-refractivity contribution in [3.63, 3.8) is 0 Å². The van der Waals surface area contributed by atoms with Crippen LogP contribution in [0.3, 0.4) is 0 Å². The van der Waals surface area contributed by atoms with E-state index in [1.165, 1.54) is 0 Å². The molecule has 0 unspecified atom stereocenters. The molecule has 158 valence electrons. The largest absolute Gasteiger partial charge is 0.497 e. The summed E-state index contributed by atoms with van der Waals surface area (Å²) in [5, 5.41) is 0. The Morgan fingerprint density at radius 3 is 1.57 bits per heavy atom. The number of carbonyl (C=O) groups excluding carboxylic acids is 1. The van der Waals surface area contributed by atoms with Crippen molar-refractivity contribution < 1.29 is 14.3 Å². The first kappa shape index (κ1) is 21.9. The molecule has 0 bridgehead atoms. The number of allylic oxidation sites excluding steroid dienone is 2. The van der Waals surface area contributed by atoms with Crippen molar-refractivity contribution in [1.82, 2.24) is 0 Å². The zero-order valence-electron chi connectivity index (χ0n) is 18.7. The summed E-state index contributed by atoms with van der Waals surface area (Å²) in [5.74, 6) is 2.22. The summed E-state index contributed by atoms with van der Waals surface area (Å²) in [4.78, 5) is 13.4. The first-order valence-corrected chi connectivity index (χ1v) is 10.6. The molecule has 0 aliphatic heterocycles. The van der Waals surface area contributed by atoms with Crippen LogP contribution in [0, 0.1) is 11.3 Å². The highest BCUT2D eigenvalue weighted by molar-refractivity contribution is 6.14. The fourth-order valence-electron chi connectivity index (χ4n) is 3.89. The van der Waals surface area contributed by atoms with Crippen LogP contribution in [0.25, 0.3) is 12.2 Å². The lowest BCUT2D eigenvalue weighted by Crippen LogP contribution is -2.30. The highest BCUT2D eigenvalue weighted by atomic mass is 16.5. The van der Waals surface area contributed by atoms with Crippen LogP contribution in [0.4, 0.5) is 0 Å². The maximum Gasteiger partial charge on any atom is 0.185 e. The average Bonchev–Trinajstić information content (AvgIpc) is 2.77. The minimum atomic E-state index is 0.157. The van der Waals surface area contributed by atoms with Crippen LogP contribution >= 0.6 is 0 Å². The molecule has 30 heavy (non-hydrogen) atoms. The smallest absolute Gasteiger partial charge is 0.185 e. The fraction of sp³-hybridized carbons (Fsp3) is 0.370. The molecule has 3 rings (SSSR count). The number of rotatable bonds is 6. The summed E-state index contributed by atoms with van der Waals surface area (Å²) < 4.78 is 10.5. The Bertz CT molecular complexity index is 862. The second-order valence-electron chi connectivity index (χ2n) is 8.66. The molecule has 1 aliphatic rings. The molecule has 1 saturated carbocycles. The minimum absolute atomic E-state index is 0.157. The molecule has 0 aromatic heterocycles. The molecule has 3 nitrogen and oxygen atoms in total. The van der Waals surface area contributed by atoms with Gasteiger partial charge in [-0.2, -0.15) is 0 Å². The number of methoxy groups -OCH3 is 2. The van der Waals surface area contributed by atoms with Gasteiger partial charge in [0.2, 0.25) is 0 Å². The van der Waals surface area contributed by atoms with Gasteiger partial charge in [0.25, 0.3) is 0 Å².